The lowest BCUT2D eigenvalue weighted by molar-refractivity contribution is -0.117. The van der Waals surface area contributed by atoms with Crippen LogP contribution in [0.5, 0.6) is 0 Å². The normalized spacial score (nSPS) is 17.0. The van der Waals surface area contributed by atoms with Gasteiger partial charge in [0.15, 0.2) is 0 Å². The van der Waals surface area contributed by atoms with Crippen molar-refractivity contribution in [2.45, 2.75) is 6.42 Å². The highest BCUT2D eigenvalue weighted by Crippen LogP contribution is 2.23. The van der Waals surface area contributed by atoms with Gasteiger partial charge >= 0.3 is 0 Å². The molecule has 5 nitrogen and oxygen atoms in total. The Kier molecular flexibility index (Phi) is 4.29. The summed E-state index contributed by atoms with van der Waals surface area (Å²) in [7, 11) is 0. The summed E-state index contributed by atoms with van der Waals surface area (Å²) in [5.74, 6) is 1.09. The average Bonchev–Trinajstić information content (AvgIpc) is 3.14. The lowest BCUT2D eigenvalue weighted by atomic mass is 10.1. The Morgan fingerprint density at radius 3 is 2.88 bits per heavy atom. The predicted molar refractivity (Wildman–Crippen MR) is 99.2 cm³/mol. The Morgan fingerprint density at radius 1 is 1.16 bits per heavy atom. The van der Waals surface area contributed by atoms with E-state index in [4.69, 9.17) is 0 Å². The van der Waals surface area contributed by atoms with Crippen LogP contribution in [0.3, 0.4) is 0 Å². The van der Waals surface area contributed by atoms with E-state index in [9.17, 15) is 4.79 Å². The molecule has 1 fully saturated rings. The summed E-state index contributed by atoms with van der Waals surface area (Å²) < 4.78 is 0. The van der Waals surface area contributed by atoms with Crippen molar-refractivity contribution < 1.29 is 4.79 Å². The highest BCUT2D eigenvalue weighted by Gasteiger charge is 2.20. The zero-order valence-electron chi connectivity index (χ0n) is 13.9. The van der Waals surface area contributed by atoms with E-state index in [0.29, 0.717) is 11.9 Å². The zero-order chi connectivity index (χ0) is 17.1. The fraction of sp³-hybridized carbons (Fsp3) is 0.250. The molecule has 2 heterocycles. The minimum absolute atomic E-state index is 0.457. The number of hydrogen-bond acceptors (Lipinski definition) is 4. The number of rotatable bonds is 5. The summed E-state index contributed by atoms with van der Waals surface area (Å²) in [4.78, 5) is 21.6. The number of fused-ring (bicyclic) bond motifs is 1. The molecule has 4 rings (SSSR count). The smallest absolute Gasteiger partial charge is 0.223 e. The highest BCUT2D eigenvalue weighted by molar-refractivity contribution is 5.86. The van der Waals surface area contributed by atoms with Crippen LogP contribution in [0.15, 0.2) is 54.7 Å². The first-order chi connectivity index (χ1) is 12.3. The molecule has 0 aliphatic carbocycles. The lowest BCUT2D eigenvalue weighted by Gasteiger charge is -2.12. The number of hydrogen-bond donors (Lipinski definition) is 1. The average molecular weight is 332 g/mol. The van der Waals surface area contributed by atoms with Crippen LogP contribution in [0.25, 0.3) is 22.0 Å². The maximum absolute atomic E-state index is 10.8. The van der Waals surface area contributed by atoms with Crippen molar-refractivity contribution in [2.75, 3.05) is 25.0 Å². The van der Waals surface area contributed by atoms with E-state index in [-0.39, 0.29) is 0 Å². The van der Waals surface area contributed by atoms with Gasteiger partial charge in [-0.2, -0.15) is 0 Å². The minimum Gasteiger partial charge on any atom is -0.354 e. The summed E-state index contributed by atoms with van der Waals surface area (Å²) in [5, 5.41) is 5.74. The summed E-state index contributed by atoms with van der Waals surface area (Å²) in [5.41, 5.74) is 1.99. The Bertz CT molecular complexity index is 896. The molecule has 0 unspecified atom stereocenters. The summed E-state index contributed by atoms with van der Waals surface area (Å²) in [6.07, 6.45) is 3.74. The van der Waals surface area contributed by atoms with Crippen molar-refractivity contribution in [3.63, 3.8) is 0 Å². The Morgan fingerprint density at radius 2 is 2.04 bits per heavy atom. The summed E-state index contributed by atoms with van der Waals surface area (Å²) >= 11 is 0. The number of amides is 1. The number of anilines is 1. The molecule has 1 aliphatic heterocycles. The third-order valence-electron chi connectivity index (χ3n) is 4.72. The van der Waals surface area contributed by atoms with Gasteiger partial charge in [-0.1, -0.05) is 36.4 Å². The molecule has 1 aromatic heterocycles. The largest absolute Gasteiger partial charge is 0.354 e. The standard InChI is InChI=1S/C20H20N4O/c25-14-24-10-8-15(13-24)12-22-20-21-9-7-19(23-20)18-6-5-16-3-1-2-4-17(16)11-18/h1-7,9,11,14-15H,8,10,12-13H2,(H,21,22,23)/t15-/m1/s1. The third-order valence-corrected chi connectivity index (χ3v) is 4.72. The Balaban J connectivity index is 1.49. The molecule has 126 valence electrons. The second-order valence-corrected chi connectivity index (χ2v) is 6.46. The molecule has 3 aromatic rings. The molecule has 1 atom stereocenters. The van der Waals surface area contributed by atoms with E-state index in [2.05, 4.69) is 45.6 Å². The van der Waals surface area contributed by atoms with E-state index in [1.807, 2.05) is 23.1 Å². The number of nitrogens with one attached hydrogen (secondary N) is 1. The first-order valence-corrected chi connectivity index (χ1v) is 8.57. The maximum Gasteiger partial charge on any atom is 0.223 e. The number of carbonyl (C=O) groups is 1. The molecular weight excluding hydrogens is 312 g/mol. The van der Waals surface area contributed by atoms with Crippen LogP contribution in [0.2, 0.25) is 0 Å². The Labute approximate surface area is 146 Å². The van der Waals surface area contributed by atoms with Gasteiger partial charge in [0.05, 0.1) is 5.69 Å². The van der Waals surface area contributed by atoms with Gasteiger partial charge in [-0.25, -0.2) is 9.97 Å². The predicted octanol–water partition coefficient (Wildman–Crippen LogP) is 3.19. The fourth-order valence-electron chi connectivity index (χ4n) is 3.31. The number of likely N-dealkylation sites (tertiary alicyclic amines) is 1. The molecule has 1 aliphatic rings. The number of benzene rings is 2. The van der Waals surface area contributed by atoms with E-state index in [1.54, 1.807) is 6.20 Å². The molecule has 1 N–H and O–H groups in total. The molecular formula is C20H20N4O. The van der Waals surface area contributed by atoms with Gasteiger partial charge in [0, 0.05) is 31.4 Å². The van der Waals surface area contributed by atoms with Crippen LogP contribution >= 0.6 is 0 Å². The van der Waals surface area contributed by atoms with Crippen molar-refractivity contribution in [3.8, 4) is 11.3 Å². The maximum atomic E-state index is 10.8. The van der Waals surface area contributed by atoms with E-state index < -0.39 is 0 Å². The molecule has 0 radical (unpaired) electrons. The van der Waals surface area contributed by atoms with Crippen LogP contribution in [0, 0.1) is 5.92 Å². The van der Waals surface area contributed by atoms with Crippen LogP contribution in [-0.2, 0) is 4.79 Å². The third kappa shape index (κ3) is 3.45. The topological polar surface area (TPSA) is 58.1 Å². The molecule has 0 spiro atoms. The van der Waals surface area contributed by atoms with E-state index in [0.717, 1.165) is 43.7 Å². The van der Waals surface area contributed by atoms with Crippen LogP contribution in [0.4, 0.5) is 5.95 Å². The van der Waals surface area contributed by atoms with Crippen molar-refractivity contribution in [2.24, 2.45) is 5.92 Å². The molecule has 5 heteroatoms. The van der Waals surface area contributed by atoms with Gasteiger partial charge in [0.25, 0.3) is 0 Å². The van der Waals surface area contributed by atoms with Crippen LogP contribution in [0.1, 0.15) is 6.42 Å². The van der Waals surface area contributed by atoms with Gasteiger partial charge in [-0.05, 0) is 35.2 Å². The highest BCUT2D eigenvalue weighted by atomic mass is 16.1. The molecule has 2 aromatic carbocycles. The number of aromatic nitrogens is 2. The number of carbonyl (C=O) groups excluding carboxylic acids is 1. The number of nitrogens with zero attached hydrogens (tertiary/aromatic N) is 3. The van der Waals surface area contributed by atoms with Gasteiger partial charge in [-0.3, -0.25) is 4.79 Å². The minimum atomic E-state index is 0.457. The van der Waals surface area contributed by atoms with Crippen LogP contribution < -0.4 is 5.32 Å². The molecule has 1 saturated heterocycles. The quantitative estimate of drug-likeness (QED) is 0.729. The summed E-state index contributed by atoms with van der Waals surface area (Å²) in [6, 6.07) is 16.6. The molecule has 25 heavy (non-hydrogen) atoms. The second-order valence-electron chi connectivity index (χ2n) is 6.46. The lowest BCUT2D eigenvalue weighted by Crippen LogP contribution is -2.21. The van der Waals surface area contributed by atoms with Gasteiger partial charge < -0.3 is 10.2 Å². The zero-order valence-corrected chi connectivity index (χ0v) is 13.9. The van der Waals surface area contributed by atoms with E-state index >= 15 is 0 Å². The molecule has 1 amide bonds. The first kappa shape index (κ1) is 15.6. The van der Waals surface area contributed by atoms with Gasteiger partial charge in [-0.15, -0.1) is 0 Å². The van der Waals surface area contributed by atoms with Crippen molar-refractivity contribution in [1.29, 1.82) is 0 Å². The van der Waals surface area contributed by atoms with Crippen LogP contribution in [-0.4, -0.2) is 40.9 Å². The van der Waals surface area contributed by atoms with E-state index in [1.165, 1.54) is 10.8 Å². The fourth-order valence-corrected chi connectivity index (χ4v) is 3.31. The monoisotopic (exact) mass is 332 g/mol. The van der Waals surface area contributed by atoms with Crippen molar-refractivity contribution in [1.82, 2.24) is 14.9 Å². The SMILES string of the molecule is O=CN1CC[C@H](CNc2nccc(-c3ccc4ccccc4c3)n2)C1. The molecule has 0 saturated carbocycles. The Hall–Kier alpha value is -2.95. The molecule has 0 bridgehead atoms. The first-order valence-electron chi connectivity index (χ1n) is 8.57. The van der Waals surface area contributed by atoms with Crippen molar-refractivity contribution >= 4 is 23.1 Å². The second kappa shape index (κ2) is 6.89. The summed E-state index contributed by atoms with van der Waals surface area (Å²) in [6.45, 7) is 2.43. The van der Waals surface area contributed by atoms with Crippen molar-refractivity contribution in [3.05, 3.63) is 54.7 Å². The van der Waals surface area contributed by atoms with Gasteiger partial charge in [0.2, 0.25) is 12.4 Å². The van der Waals surface area contributed by atoms with Gasteiger partial charge in [0.1, 0.15) is 0 Å².